The molecule has 0 spiro atoms. The van der Waals surface area contributed by atoms with Gasteiger partial charge in [0.15, 0.2) is 0 Å². The van der Waals surface area contributed by atoms with Crippen LogP contribution < -0.4 is 10.6 Å². The van der Waals surface area contributed by atoms with E-state index in [0.29, 0.717) is 12.4 Å². The molecule has 0 aliphatic rings. The maximum Gasteiger partial charge on any atom is 0.305 e. The molecule has 1 aromatic carbocycles. The van der Waals surface area contributed by atoms with Crippen LogP contribution in [0, 0.1) is 5.82 Å². The lowest BCUT2D eigenvalue weighted by Crippen LogP contribution is -2.27. The van der Waals surface area contributed by atoms with Gasteiger partial charge in [-0.05, 0) is 17.7 Å². The first-order valence-corrected chi connectivity index (χ1v) is 9.13. The molecule has 2 aromatic heterocycles. The monoisotopic (exact) mass is 388 g/mol. The molecule has 0 saturated heterocycles. The fourth-order valence-electron chi connectivity index (χ4n) is 2.54. The van der Waals surface area contributed by atoms with E-state index in [9.17, 15) is 14.0 Å². The van der Waals surface area contributed by atoms with Crippen molar-refractivity contribution in [2.75, 3.05) is 18.4 Å². The predicted molar refractivity (Wildman–Crippen MR) is 101 cm³/mol. The number of hydrogen-bond acceptors (Lipinski definition) is 6. The summed E-state index contributed by atoms with van der Waals surface area (Å²) < 4.78 is 13.2. The number of carboxylic acid groups (broad SMARTS) is 1. The molecule has 140 valence electrons. The summed E-state index contributed by atoms with van der Waals surface area (Å²) in [4.78, 5) is 31.5. The summed E-state index contributed by atoms with van der Waals surface area (Å²) in [6.07, 6.45) is 1.52. The molecule has 7 nitrogen and oxygen atoms in total. The second kappa shape index (κ2) is 8.54. The van der Waals surface area contributed by atoms with E-state index in [1.165, 1.54) is 29.8 Å². The Kier molecular flexibility index (Phi) is 5.92. The second-order valence-electron chi connectivity index (χ2n) is 5.73. The minimum atomic E-state index is -0.956. The van der Waals surface area contributed by atoms with Crippen molar-refractivity contribution in [1.82, 2.24) is 15.3 Å². The summed E-state index contributed by atoms with van der Waals surface area (Å²) in [5.74, 6) is -0.901. The first kappa shape index (κ1) is 18.7. The summed E-state index contributed by atoms with van der Waals surface area (Å²) in [7, 11) is 0. The summed E-state index contributed by atoms with van der Waals surface area (Å²) in [6.45, 7) is 0.439. The van der Waals surface area contributed by atoms with Gasteiger partial charge in [0.1, 0.15) is 22.8 Å². The standard InChI is InChI=1S/C18H17FN4O3S/c19-12-3-1-11(2-4-12)13-9-27-18-16(13)17(22-10-23-18)21-7-5-14(24)20-8-6-15(25)26/h1-4,9-10H,5-8H2,(H,20,24)(H,25,26)(H,21,22,23). The van der Waals surface area contributed by atoms with Crippen LogP contribution in [0.4, 0.5) is 10.2 Å². The van der Waals surface area contributed by atoms with Crippen molar-refractivity contribution in [2.24, 2.45) is 0 Å². The summed E-state index contributed by atoms with van der Waals surface area (Å²) in [5.41, 5.74) is 1.75. The highest BCUT2D eigenvalue weighted by Crippen LogP contribution is 2.36. The Morgan fingerprint density at radius 1 is 1.11 bits per heavy atom. The highest BCUT2D eigenvalue weighted by molar-refractivity contribution is 7.17. The first-order chi connectivity index (χ1) is 13.0. The van der Waals surface area contributed by atoms with Gasteiger partial charge in [-0.3, -0.25) is 9.59 Å². The SMILES string of the molecule is O=C(O)CCNC(=O)CCNc1ncnc2scc(-c3ccc(F)cc3)c12. The maximum atomic E-state index is 13.2. The molecule has 0 unspecified atom stereocenters. The van der Waals surface area contributed by atoms with E-state index in [4.69, 9.17) is 5.11 Å². The quantitative estimate of drug-likeness (QED) is 0.548. The zero-order chi connectivity index (χ0) is 19.2. The number of fused-ring (bicyclic) bond motifs is 1. The lowest BCUT2D eigenvalue weighted by Gasteiger charge is -2.09. The molecule has 3 rings (SSSR count). The molecule has 0 aliphatic heterocycles. The van der Waals surface area contributed by atoms with Crippen LogP contribution >= 0.6 is 11.3 Å². The number of halogens is 1. The molecule has 0 fully saturated rings. The van der Waals surface area contributed by atoms with Crippen LogP contribution in [-0.4, -0.2) is 40.0 Å². The molecule has 2 heterocycles. The van der Waals surface area contributed by atoms with Gasteiger partial charge in [0.05, 0.1) is 11.8 Å². The fraction of sp³-hybridized carbons (Fsp3) is 0.222. The van der Waals surface area contributed by atoms with Gasteiger partial charge in [-0.2, -0.15) is 0 Å². The van der Waals surface area contributed by atoms with Crippen molar-refractivity contribution in [3.63, 3.8) is 0 Å². The summed E-state index contributed by atoms with van der Waals surface area (Å²) in [5, 5.41) is 17.0. The number of aromatic nitrogens is 2. The van der Waals surface area contributed by atoms with Crippen molar-refractivity contribution in [1.29, 1.82) is 0 Å². The molecular weight excluding hydrogens is 371 g/mol. The maximum absolute atomic E-state index is 13.2. The van der Waals surface area contributed by atoms with Crippen molar-refractivity contribution in [2.45, 2.75) is 12.8 Å². The second-order valence-corrected chi connectivity index (χ2v) is 6.59. The number of anilines is 1. The van der Waals surface area contributed by atoms with Crippen LogP contribution in [-0.2, 0) is 9.59 Å². The molecule has 0 saturated carbocycles. The Morgan fingerprint density at radius 2 is 1.89 bits per heavy atom. The lowest BCUT2D eigenvalue weighted by molar-refractivity contribution is -0.136. The van der Waals surface area contributed by atoms with Crippen molar-refractivity contribution in [3.05, 3.63) is 41.8 Å². The van der Waals surface area contributed by atoms with Gasteiger partial charge in [0.2, 0.25) is 5.91 Å². The molecule has 27 heavy (non-hydrogen) atoms. The molecule has 0 aliphatic carbocycles. The topological polar surface area (TPSA) is 104 Å². The number of nitrogens with one attached hydrogen (secondary N) is 2. The zero-order valence-corrected chi connectivity index (χ0v) is 15.1. The number of amides is 1. The number of carboxylic acids is 1. The number of aliphatic carboxylic acids is 1. The normalized spacial score (nSPS) is 10.7. The van der Waals surface area contributed by atoms with Gasteiger partial charge in [0, 0.05) is 30.5 Å². The van der Waals surface area contributed by atoms with Crippen LogP contribution in [0.3, 0.4) is 0 Å². The summed E-state index contributed by atoms with van der Waals surface area (Å²) >= 11 is 1.46. The van der Waals surface area contributed by atoms with Crippen molar-refractivity contribution < 1.29 is 19.1 Å². The molecule has 0 atom stereocenters. The number of nitrogens with zero attached hydrogens (tertiary/aromatic N) is 2. The van der Waals surface area contributed by atoms with Crippen LogP contribution in [0.25, 0.3) is 21.3 Å². The van der Waals surface area contributed by atoms with Gasteiger partial charge in [0.25, 0.3) is 0 Å². The van der Waals surface area contributed by atoms with Crippen LogP contribution in [0.1, 0.15) is 12.8 Å². The van der Waals surface area contributed by atoms with Gasteiger partial charge in [-0.25, -0.2) is 14.4 Å². The molecule has 3 N–H and O–H groups in total. The Bertz CT molecular complexity index is 959. The van der Waals surface area contributed by atoms with Crippen molar-refractivity contribution >= 4 is 39.2 Å². The smallest absolute Gasteiger partial charge is 0.305 e. The van der Waals surface area contributed by atoms with Crippen molar-refractivity contribution in [3.8, 4) is 11.1 Å². The Hall–Kier alpha value is -3.07. The van der Waals surface area contributed by atoms with E-state index in [1.807, 2.05) is 5.38 Å². The number of benzene rings is 1. The fourth-order valence-corrected chi connectivity index (χ4v) is 3.46. The van der Waals surface area contributed by atoms with E-state index in [2.05, 4.69) is 20.6 Å². The predicted octanol–water partition coefficient (Wildman–Crippen LogP) is 2.89. The van der Waals surface area contributed by atoms with Gasteiger partial charge < -0.3 is 15.7 Å². The average molecular weight is 388 g/mol. The Balaban J connectivity index is 1.70. The number of hydrogen-bond donors (Lipinski definition) is 3. The number of thiophene rings is 1. The summed E-state index contributed by atoms with van der Waals surface area (Å²) in [6, 6.07) is 6.20. The lowest BCUT2D eigenvalue weighted by atomic mass is 10.1. The number of rotatable bonds is 8. The van der Waals surface area contributed by atoms with E-state index in [0.717, 1.165) is 21.3 Å². The van der Waals surface area contributed by atoms with Gasteiger partial charge in [-0.15, -0.1) is 11.3 Å². The largest absolute Gasteiger partial charge is 0.481 e. The van der Waals surface area contributed by atoms with E-state index >= 15 is 0 Å². The minimum Gasteiger partial charge on any atom is -0.481 e. The van der Waals surface area contributed by atoms with Crippen LogP contribution in [0.2, 0.25) is 0 Å². The molecular formula is C18H17FN4O3S. The third-order valence-electron chi connectivity index (χ3n) is 3.83. The van der Waals surface area contributed by atoms with Gasteiger partial charge in [-0.1, -0.05) is 12.1 Å². The van der Waals surface area contributed by atoms with Gasteiger partial charge >= 0.3 is 5.97 Å². The molecule has 0 radical (unpaired) electrons. The minimum absolute atomic E-state index is 0.102. The average Bonchev–Trinajstić information content (AvgIpc) is 3.07. The highest BCUT2D eigenvalue weighted by atomic mass is 32.1. The third kappa shape index (κ3) is 4.76. The Labute approximate surface area is 158 Å². The van der Waals surface area contributed by atoms with E-state index in [-0.39, 0.29) is 31.1 Å². The Morgan fingerprint density at radius 3 is 2.63 bits per heavy atom. The van der Waals surface area contributed by atoms with E-state index in [1.54, 1.807) is 12.1 Å². The number of carbonyl (C=O) groups is 2. The molecule has 1 amide bonds. The molecule has 3 aromatic rings. The molecule has 0 bridgehead atoms. The highest BCUT2D eigenvalue weighted by Gasteiger charge is 2.13. The van der Waals surface area contributed by atoms with Crippen LogP contribution in [0.5, 0.6) is 0 Å². The third-order valence-corrected chi connectivity index (χ3v) is 4.72. The molecule has 9 heteroatoms. The van der Waals surface area contributed by atoms with Crippen LogP contribution in [0.15, 0.2) is 36.0 Å². The first-order valence-electron chi connectivity index (χ1n) is 8.25. The number of carbonyl (C=O) groups excluding carboxylic acids is 1. The van der Waals surface area contributed by atoms with E-state index < -0.39 is 5.97 Å². The zero-order valence-electron chi connectivity index (χ0n) is 14.2.